The van der Waals surface area contributed by atoms with Crippen LogP contribution >= 0.6 is 0 Å². The first-order valence-corrected chi connectivity index (χ1v) is 6.82. The second-order valence-corrected chi connectivity index (χ2v) is 4.74. The molecule has 0 amide bonds. The molecular weight excluding hydrogens is 242 g/mol. The molecule has 0 aromatic carbocycles. The van der Waals surface area contributed by atoms with Crippen LogP contribution in [0.15, 0.2) is 29.5 Å². The van der Waals surface area contributed by atoms with Crippen molar-refractivity contribution in [3.05, 3.63) is 24.3 Å². The Hall–Kier alpha value is -1.33. The number of aliphatic hydroxyl groups excluding tert-OH is 1. The normalized spacial score (nSPS) is 20.1. The van der Waals surface area contributed by atoms with Crippen LogP contribution in [0.4, 0.5) is 0 Å². The monoisotopic (exact) mass is 267 g/mol. The average molecular weight is 267 g/mol. The molecule has 1 fully saturated rings. The molecule has 0 saturated carbocycles. The number of β-amino-alcohol motifs (C(OH)–C–C–N with tert-alkyl or cyclic N) is 1. The highest BCUT2D eigenvalue weighted by Gasteiger charge is 2.14. The fraction of sp³-hybridized carbons (Fsp3) is 0.643. The number of aliphatic hydroxyl groups is 1. The zero-order valence-electron chi connectivity index (χ0n) is 11.7. The van der Waals surface area contributed by atoms with E-state index in [4.69, 9.17) is 10.6 Å². The Bertz CT molecular complexity index is 334. The Balaban J connectivity index is 2.27. The molecule has 5 heteroatoms. The molecule has 0 radical (unpaired) electrons. The summed E-state index contributed by atoms with van der Waals surface area (Å²) in [5.74, 6) is 0.280. The zero-order valence-corrected chi connectivity index (χ0v) is 11.7. The number of hydrogen-bond donors (Lipinski definition) is 2. The molecule has 0 bridgehead atoms. The Morgan fingerprint density at radius 3 is 2.74 bits per heavy atom. The van der Waals surface area contributed by atoms with Gasteiger partial charge in [0.25, 0.3) is 0 Å². The number of rotatable bonds is 7. The van der Waals surface area contributed by atoms with E-state index in [1.807, 2.05) is 6.92 Å². The molecular formula is C14H25N3O2. The smallest absolute Gasteiger partial charge is 0.169 e. The van der Waals surface area contributed by atoms with Gasteiger partial charge in [0, 0.05) is 12.1 Å². The van der Waals surface area contributed by atoms with E-state index in [-0.39, 0.29) is 12.4 Å². The molecule has 1 unspecified atom stereocenters. The van der Waals surface area contributed by atoms with Crippen LogP contribution in [-0.2, 0) is 4.84 Å². The summed E-state index contributed by atoms with van der Waals surface area (Å²) in [6.07, 6.45) is 6.60. The number of amidine groups is 1. The molecule has 108 valence electrons. The molecule has 1 saturated heterocycles. The van der Waals surface area contributed by atoms with Gasteiger partial charge in [-0.1, -0.05) is 30.3 Å². The van der Waals surface area contributed by atoms with Gasteiger partial charge in [-0.3, -0.25) is 0 Å². The maximum absolute atomic E-state index is 9.86. The summed E-state index contributed by atoms with van der Waals surface area (Å²) in [7, 11) is 0. The molecule has 19 heavy (non-hydrogen) atoms. The Labute approximate surface area is 115 Å². The van der Waals surface area contributed by atoms with Crippen LogP contribution in [0.3, 0.4) is 0 Å². The van der Waals surface area contributed by atoms with Crippen molar-refractivity contribution in [2.75, 3.05) is 26.2 Å². The summed E-state index contributed by atoms with van der Waals surface area (Å²) in [5.41, 5.74) is 6.43. The van der Waals surface area contributed by atoms with Crippen molar-refractivity contribution in [2.24, 2.45) is 10.9 Å². The van der Waals surface area contributed by atoms with Crippen LogP contribution in [0.5, 0.6) is 0 Å². The van der Waals surface area contributed by atoms with Crippen LogP contribution in [0.2, 0.25) is 0 Å². The minimum atomic E-state index is -0.535. The van der Waals surface area contributed by atoms with Crippen molar-refractivity contribution in [1.29, 1.82) is 0 Å². The summed E-state index contributed by atoms with van der Waals surface area (Å²) >= 11 is 0. The lowest BCUT2D eigenvalue weighted by Crippen LogP contribution is -2.38. The van der Waals surface area contributed by atoms with E-state index in [1.54, 1.807) is 12.2 Å². The van der Waals surface area contributed by atoms with E-state index >= 15 is 0 Å². The van der Waals surface area contributed by atoms with Gasteiger partial charge in [0.1, 0.15) is 12.7 Å². The zero-order chi connectivity index (χ0) is 14.1. The molecule has 1 aliphatic heterocycles. The Morgan fingerprint density at radius 2 is 2.16 bits per heavy atom. The number of nitrogens with zero attached hydrogens (tertiary/aromatic N) is 2. The number of hydrogen-bond acceptors (Lipinski definition) is 4. The van der Waals surface area contributed by atoms with Crippen LogP contribution in [0.25, 0.3) is 0 Å². The highest BCUT2D eigenvalue weighted by Crippen LogP contribution is 2.09. The molecule has 1 heterocycles. The fourth-order valence-electron chi connectivity index (χ4n) is 2.11. The van der Waals surface area contributed by atoms with Gasteiger partial charge < -0.3 is 20.6 Å². The number of piperidine rings is 1. The highest BCUT2D eigenvalue weighted by molar-refractivity contribution is 5.98. The van der Waals surface area contributed by atoms with Crippen LogP contribution in [-0.4, -0.2) is 48.2 Å². The van der Waals surface area contributed by atoms with Gasteiger partial charge in [0.2, 0.25) is 0 Å². The summed E-state index contributed by atoms with van der Waals surface area (Å²) in [6, 6.07) is 0. The lowest BCUT2D eigenvalue weighted by Gasteiger charge is -2.27. The van der Waals surface area contributed by atoms with Gasteiger partial charge in [0.05, 0.1) is 0 Å². The lowest BCUT2D eigenvalue weighted by molar-refractivity contribution is 0.0157. The topological polar surface area (TPSA) is 71.1 Å². The minimum Gasteiger partial charge on any atom is -0.391 e. The number of nitrogens with two attached hydrogens (primary N) is 1. The highest BCUT2D eigenvalue weighted by atomic mass is 16.6. The third-order valence-electron chi connectivity index (χ3n) is 3.17. The first-order valence-electron chi connectivity index (χ1n) is 6.82. The van der Waals surface area contributed by atoms with Gasteiger partial charge >= 0.3 is 0 Å². The lowest BCUT2D eigenvalue weighted by atomic mass is 10.1. The van der Waals surface area contributed by atoms with Gasteiger partial charge in [0.15, 0.2) is 5.84 Å². The van der Waals surface area contributed by atoms with E-state index in [9.17, 15) is 5.11 Å². The number of allylic oxidation sites excluding steroid dienone is 1. The fourth-order valence-corrected chi connectivity index (χ4v) is 2.11. The van der Waals surface area contributed by atoms with Crippen molar-refractivity contribution in [1.82, 2.24) is 4.90 Å². The number of likely N-dealkylation sites (tertiary alicyclic amines) is 1. The summed E-state index contributed by atoms with van der Waals surface area (Å²) in [5, 5.41) is 13.6. The second-order valence-electron chi connectivity index (χ2n) is 4.74. The van der Waals surface area contributed by atoms with Gasteiger partial charge in [-0.2, -0.15) is 0 Å². The van der Waals surface area contributed by atoms with E-state index in [0.29, 0.717) is 6.54 Å². The van der Waals surface area contributed by atoms with E-state index in [2.05, 4.69) is 16.6 Å². The summed E-state index contributed by atoms with van der Waals surface area (Å²) < 4.78 is 0. The minimum absolute atomic E-state index is 0.158. The first-order chi connectivity index (χ1) is 9.17. The third-order valence-corrected chi connectivity index (χ3v) is 3.17. The van der Waals surface area contributed by atoms with Crippen molar-refractivity contribution in [3.63, 3.8) is 0 Å². The average Bonchev–Trinajstić information content (AvgIpc) is 2.41. The standard InChI is InChI=1S/C14H25N3O2/c1-3-12(4-2)14(15)16-19-11-13(18)10-17-8-6-5-7-9-17/h3-4,13,18H,1,5-11H2,2H3,(H2,15,16)/b12-4+. The largest absolute Gasteiger partial charge is 0.391 e. The number of oxime groups is 1. The van der Waals surface area contributed by atoms with Crippen LogP contribution in [0.1, 0.15) is 26.2 Å². The van der Waals surface area contributed by atoms with Gasteiger partial charge in [-0.25, -0.2) is 0 Å². The van der Waals surface area contributed by atoms with Crippen LogP contribution in [0, 0.1) is 0 Å². The molecule has 3 N–H and O–H groups in total. The third kappa shape index (κ3) is 5.89. The summed E-state index contributed by atoms with van der Waals surface area (Å²) in [6.45, 7) is 8.39. The summed E-state index contributed by atoms with van der Waals surface area (Å²) in [4.78, 5) is 7.34. The van der Waals surface area contributed by atoms with Crippen molar-refractivity contribution in [2.45, 2.75) is 32.3 Å². The Morgan fingerprint density at radius 1 is 1.47 bits per heavy atom. The molecule has 5 nitrogen and oxygen atoms in total. The maximum atomic E-state index is 9.86. The van der Waals surface area contributed by atoms with E-state index in [0.717, 1.165) is 18.7 Å². The molecule has 1 aliphatic rings. The van der Waals surface area contributed by atoms with E-state index in [1.165, 1.54) is 19.3 Å². The molecule has 0 aromatic rings. The predicted molar refractivity (Wildman–Crippen MR) is 77.8 cm³/mol. The van der Waals surface area contributed by atoms with E-state index < -0.39 is 6.10 Å². The maximum Gasteiger partial charge on any atom is 0.169 e. The quantitative estimate of drug-likeness (QED) is 0.315. The van der Waals surface area contributed by atoms with Crippen LogP contribution < -0.4 is 5.73 Å². The molecule has 1 rings (SSSR count). The predicted octanol–water partition coefficient (Wildman–Crippen LogP) is 1.25. The van der Waals surface area contributed by atoms with Crippen molar-refractivity contribution in [3.8, 4) is 0 Å². The van der Waals surface area contributed by atoms with Crippen molar-refractivity contribution >= 4 is 5.84 Å². The van der Waals surface area contributed by atoms with Crippen molar-refractivity contribution < 1.29 is 9.94 Å². The van der Waals surface area contributed by atoms with Gasteiger partial charge in [-0.05, 0) is 32.9 Å². The molecule has 0 aliphatic carbocycles. The SMILES string of the molecule is C=CC(=C\C)/C(N)=N/OCC(O)CN1CCCCC1. The molecule has 1 atom stereocenters. The Kier molecular flexibility index (Phi) is 7.22. The van der Waals surface area contributed by atoms with Gasteiger partial charge in [-0.15, -0.1) is 0 Å². The molecule has 0 aromatic heterocycles. The molecule has 0 spiro atoms. The first kappa shape index (κ1) is 15.7. The second kappa shape index (κ2) is 8.72.